The van der Waals surface area contributed by atoms with Gasteiger partial charge in [0.2, 0.25) is 0 Å². The summed E-state index contributed by atoms with van der Waals surface area (Å²) in [7, 11) is 1.00. The van der Waals surface area contributed by atoms with Gasteiger partial charge >= 0.3 is 0 Å². The highest BCUT2D eigenvalue weighted by atomic mass is 16.5. The van der Waals surface area contributed by atoms with Gasteiger partial charge in [0, 0.05) is 26.0 Å². The second-order valence-corrected chi connectivity index (χ2v) is 12.9. The number of carbonyl (C=O) groups excluding carboxylic acids is 1. The van der Waals surface area contributed by atoms with Gasteiger partial charge in [-0.1, -0.05) is 95.2 Å². The third kappa shape index (κ3) is 16.0. The molecule has 0 saturated heterocycles. The van der Waals surface area contributed by atoms with Crippen molar-refractivity contribution in [2.75, 3.05) is 33.5 Å². The summed E-state index contributed by atoms with van der Waals surface area (Å²) in [5.41, 5.74) is 8.92. The maximum absolute atomic E-state index is 9.31. The second-order valence-electron chi connectivity index (χ2n) is 12.9. The van der Waals surface area contributed by atoms with Gasteiger partial charge in [0.05, 0.1) is 26.4 Å². The van der Waals surface area contributed by atoms with Crippen LogP contribution in [0.5, 0.6) is 11.5 Å². The van der Waals surface area contributed by atoms with Crippen molar-refractivity contribution in [1.82, 2.24) is 0 Å². The number of aliphatic hydroxyl groups excluding tert-OH is 3. The molecule has 1 fully saturated rings. The molecule has 8 heteroatoms. The van der Waals surface area contributed by atoms with Crippen molar-refractivity contribution in [3.05, 3.63) is 96.1 Å². The Balaban J connectivity index is 0.00000180. The van der Waals surface area contributed by atoms with E-state index in [4.69, 9.17) is 29.3 Å². The predicted octanol–water partition coefficient (Wildman–Crippen LogP) is 9.20. The van der Waals surface area contributed by atoms with Crippen LogP contribution in [-0.2, 0) is 16.0 Å². The van der Waals surface area contributed by atoms with Gasteiger partial charge < -0.3 is 34.7 Å². The number of aryl methyl sites for hydroxylation is 1. The lowest BCUT2D eigenvalue weighted by molar-refractivity contribution is -0.122. The number of benzene rings is 3. The zero-order valence-electron chi connectivity index (χ0n) is 31.7. The highest BCUT2D eigenvalue weighted by Crippen LogP contribution is 2.39. The normalized spacial score (nSPS) is 14.6. The largest absolute Gasteiger partial charge is 0.493 e. The summed E-state index contributed by atoms with van der Waals surface area (Å²) >= 11 is 0. The fraction of sp³-hybridized carbons (Fsp3) is 0.455. The molecular weight excluding hydrogens is 656 g/mol. The first-order valence-corrected chi connectivity index (χ1v) is 18.4. The Hall–Kier alpha value is -4.24. The smallest absolute Gasteiger partial charge is 0.290 e. The standard InChI is InChI=1S/C41H54O4.CH2O2.CH4O.CH2O/c1-5-7-8-9-32-10-12-34(13-11-32)35-14-16-36(17-15-35)37-18-19-41(33(6-2)24-37)38-25-39(44-22-20-30(3)28-42)27-40(26-38)45-23-21-31(4)29-43;2-1-3;2*1-2/h14-19,24-27,32,34,42-43H,3-13,20-23,28-29H2,1-2H3;1H,(H,2,3);2H,1H3;1H2. The molecule has 0 amide bonds. The van der Waals surface area contributed by atoms with E-state index in [1.165, 1.54) is 73.6 Å². The summed E-state index contributed by atoms with van der Waals surface area (Å²) < 4.78 is 12.2. The Kier molecular flexibility index (Phi) is 24.1. The zero-order valence-corrected chi connectivity index (χ0v) is 31.7. The van der Waals surface area contributed by atoms with Crippen molar-refractivity contribution < 1.29 is 39.5 Å². The van der Waals surface area contributed by atoms with E-state index in [2.05, 4.69) is 81.6 Å². The number of hydrogen-bond donors (Lipinski definition) is 4. The van der Waals surface area contributed by atoms with Gasteiger partial charge in [0.1, 0.15) is 18.3 Å². The monoisotopic (exact) mass is 718 g/mol. The van der Waals surface area contributed by atoms with Crippen LogP contribution in [0.1, 0.15) is 95.1 Å². The lowest BCUT2D eigenvalue weighted by Crippen LogP contribution is -2.13. The van der Waals surface area contributed by atoms with Gasteiger partial charge in [-0.25, -0.2) is 0 Å². The molecule has 4 rings (SSSR count). The first-order valence-electron chi connectivity index (χ1n) is 18.4. The molecule has 0 aromatic heterocycles. The van der Waals surface area contributed by atoms with Gasteiger partial charge in [-0.2, -0.15) is 0 Å². The van der Waals surface area contributed by atoms with Crippen molar-refractivity contribution >= 4 is 13.3 Å². The SMILES string of the molecule is C=C(CO)CCOc1cc(OCCC(=C)CO)cc(-c2ccc(-c3ccc(C4CCC(CCCCC)CC4)cc3)cc2CC)c1.C=O.CO.O=CO. The van der Waals surface area contributed by atoms with E-state index >= 15 is 0 Å². The maximum atomic E-state index is 9.31. The van der Waals surface area contributed by atoms with E-state index < -0.39 is 0 Å². The van der Waals surface area contributed by atoms with Crippen LogP contribution < -0.4 is 9.47 Å². The molecule has 0 spiro atoms. The Bertz CT molecular complexity index is 1400. The molecule has 52 heavy (non-hydrogen) atoms. The summed E-state index contributed by atoms with van der Waals surface area (Å²) in [6.07, 6.45) is 13.0. The number of carbonyl (C=O) groups is 2. The van der Waals surface area contributed by atoms with Crippen LogP contribution in [-0.4, -0.2) is 67.2 Å². The first kappa shape index (κ1) is 45.8. The van der Waals surface area contributed by atoms with Crippen molar-refractivity contribution in [3.8, 4) is 33.8 Å². The first-order chi connectivity index (χ1) is 25.3. The van der Waals surface area contributed by atoms with Crippen LogP contribution >= 0.6 is 0 Å². The number of ether oxygens (including phenoxy) is 2. The molecular formula is C44H62O8. The fourth-order valence-corrected chi connectivity index (χ4v) is 6.44. The highest BCUT2D eigenvalue weighted by Gasteiger charge is 2.22. The van der Waals surface area contributed by atoms with Crippen molar-refractivity contribution in [3.63, 3.8) is 0 Å². The third-order valence-corrected chi connectivity index (χ3v) is 9.35. The number of rotatable bonds is 18. The van der Waals surface area contributed by atoms with E-state index in [1.807, 2.05) is 12.9 Å². The van der Waals surface area contributed by atoms with E-state index in [9.17, 15) is 10.2 Å². The molecule has 0 aliphatic heterocycles. The molecule has 1 saturated carbocycles. The number of unbranched alkanes of at least 4 members (excludes halogenated alkanes) is 2. The Morgan fingerprint density at radius 3 is 1.75 bits per heavy atom. The molecule has 3 aromatic rings. The van der Waals surface area contributed by atoms with Gasteiger partial charge in [0.15, 0.2) is 0 Å². The lowest BCUT2D eigenvalue weighted by Gasteiger charge is -2.29. The molecule has 0 radical (unpaired) electrons. The van der Waals surface area contributed by atoms with Crippen LogP contribution in [0.2, 0.25) is 0 Å². The number of hydrogen-bond acceptors (Lipinski definition) is 7. The average Bonchev–Trinajstić information content (AvgIpc) is 3.19. The summed E-state index contributed by atoms with van der Waals surface area (Å²) in [4.78, 5) is 16.4. The van der Waals surface area contributed by atoms with Crippen molar-refractivity contribution in [2.24, 2.45) is 5.92 Å². The van der Waals surface area contributed by atoms with Crippen molar-refractivity contribution in [1.29, 1.82) is 0 Å². The number of carboxylic acid groups (broad SMARTS) is 1. The topological polar surface area (TPSA) is 134 Å². The molecule has 1 aliphatic carbocycles. The molecule has 8 nitrogen and oxygen atoms in total. The summed E-state index contributed by atoms with van der Waals surface area (Å²) in [5, 5.41) is 32.5. The summed E-state index contributed by atoms with van der Waals surface area (Å²) in [5.74, 6) is 3.06. The Morgan fingerprint density at radius 2 is 1.27 bits per heavy atom. The van der Waals surface area contributed by atoms with Crippen LogP contribution in [0.25, 0.3) is 22.3 Å². The van der Waals surface area contributed by atoms with Gasteiger partial charge in [0.25, 0.3) is 6.47 Å². The Morgan fingerprint density at radius 1 is 0.750 bits per heavy atom. The van der Waals surface area contributed by atoms with Crippen LogP contribution in [0.4, 0.5) is 0 Å². The van der Waals surface area contributed by atoms with Crippen LogP contribution in [0.15, 0.2) is 85.0 Å². The molecule has 0 heterocycles. The van der Waals surface area contributed by atoms with E-state index in [1.54, 1.807) is 0 Å². The van der Waals surface area contributed by atoms with Gasteiger partial charge in [-0.3, -0.25) is 4.79 Å². The predicted molar refractivity (Wildman–Crippen MR) is 212 cm³/mol. The molecule has 0 bridgehead atoms. The number of aliphatic hydroxyl groups is 3. The lowest BCUT2D eigenvalue weighted by atomic mass is 9.77. The average molecular weight is 719 g/mol. The summed E-state index contributed by atoms with van der Waals surface area (Å²) in [6.45, 7) is 14.8. The van der Waals surface area contributed by atoms with Gasteiger partial charge in [-0.05, 0) is 101 Å². The van der Waals surface area contributed by atoms with Gasteiger partial charge in [-0.15, -0.1) is 0 Å². The minimum atomic E-state index is -0.250. The van der Waals surface area contributed by atoms with Crippen molar-refractivity contribution in [2.45, 2.75) is 90.4 Å². The van der Waals surface area contributed by atoms with E-state index in [0.29, 0.717) is 43.5 Å². The minimum Gasteiger partial charge on any atom is -0.493 e. The minimum absolute atomic E-state index is 0.0400. The highest BCUT2D eigenvalue weighted by molar-refractivity contribution is 5.75. The van der Waals surface area contributed by atoms with E-state index in [0.717, 1.165) is 41.7 Å². The zero-order chi connectivity index (χ0) is 38.7. The van der Waals surface area contributed by atoms with E-state index in [-0.39, 0.29) is 19.7 Å². The second kappa shape index (κ2) is 27.4. The molecule has 4 N–H and O–H groups in total. The molecule has 0 unspecified atom stereocenters. The molecule has 1 aliphatic rings. The molecule has 286 valence electrons. The summed E-state index contributed by atoms with van der Waals surface area (Å²) in [6, 6.07) is 22.1. The Labute approximate surface area is 311 Å². The van der Waals surface area contributed by atoms with Crippen LogP contribution in [0.3, 0.4) is 0 Å². The third-order valence-electron chi connectivity index (χ3n) is 9.35. The maximum Gasteiger partial charge on any atom is 0.290 e. The molecule has 3 aromatic carbocycles. The quantitative estimate of drug-likeness (QED) is 0.0581. The van der Waals surface area contributed by atoms with Crippen LogP contribution in [0, 0.1) is 5.92 Å². The fourth-order valence-electron chi connectivity index (χ4n) is 6.44. The molecule has 0 atom stereocenters.